The maximum atomic E-state index is 2.36. The fraction of sp³-hybridized carbons (Fsp3) is 0. The first-order valence-electron chi connectivity index (χ1n) is 9.71. The summed E-state index contributed by atoms with van der Waals surface area (Å²) >= 11 is 0. The Balaban J connectivity index is 1.76. The van der Waals surface area contributed by atoms with Gasteiger partial charge in [-0.15, -0.1) is 0 Å². The third-order valence-corrected chi connectivity index (χ3v) is 5.81. The van der Waals surface area contributed by atoms with E-state index >= 15 is 0 Å². The van der Waals surface area contributed by atoms with Gasteiger partial charge in [-0.05, 0) is 66.3 Å². The van der Waals surface area contributed by atoms with Crippen molar-refractivity contribution < 1.29 is 0 Å². The number of hydrogen-bond donors (Lipinski definition) is 0. The quantitative estimate of drug-likeness (QED) is 0.263. The predicted octanol–water partition coefficient (Wildman–Crippen LogP) is 7.97. The van der Waals surface area contributed by atoms with E-state index in [1.165, 1.54) is 54.2 Å². The molecule has 0 amide bonds. The monoisotopic (exact) mass is 354 g/mol. The third kappa shape index (κ3) is 2.25. The van der Waals surface area contributed by atoms with Gasteiger partial charge in [0.25, 0.3) is 0 Å². The van der Waals surface area contributed by atoms with Crippen molar-refractivity contribution in [1.29, 1.82) is 0 Å². The zero-order chi connectivity index (χ0) is 18.5. The molecule has 0 fully saturated rings. The van der Waals surface area contributed by atoms with Crippen LogP contribution in [0.15, 0.2) is 109 Å². The largest absolute Gasteiger partial charge is 0.0616 e. The SMILES string of the molecule is c1ccc2cc(-c3cc4ccc5ccccc5c4c4ccccc34)ccc2c1. The molecule has 0 saturated heterocycles. The second-order valence-electron chi connectivity index (χ2n) is 7.42. The smallest absolute Gasteiger partial charge is 0.00264 e. The van der Waals surface area contributed by atoms with E-state index in [-0.39, 0.29) is 0 Å². The minimum absolute atomic E-state index is 1.27. The molecule has 0 atom stereocenters. The summed E-state index contributed by atoms with van der Waals surface area (Å²) in [6, 6.07) is 39.7. The first-order chi connectivity index (χ1) is 13.9. The Kier molecular flexibility index (Phi) is 3.27. The van der Waals surface area contributed by atoms with Crippen LogP contribution in [0.3, 0.4) is 0 Å². The molecule has 0 aliphatic heterocycles. The van der Waals surface area contributed by atoms with E-state index in [0.29, 0.717) is 0 Å². The lowest BCUT2D eigenvalue weighted by atomic mass is 9.90. The molecule has 130 valence electrons. The van der Waals surface area contributed by atoms with E-state index < -0.39 is 0 Å². The topological polar surface area (TPSA) is 0 Å². The minimum Gasteiger partial charge on any atom is -0.0616 e. The molecular formula is C28H18. The summed E-state index contributed by atoms with van der Waals surface area (Å²) in [4.78, 5) is 0. The van der Waals surface area contributed by atoms with Gasteiger partial charge in [0.15, 0.2) is 0 Å². The van der Waals surface area contributed by atoms with Gasteiger partial charge in [0.05, 0.1) is 0 Å². The standard InChI is InChI=1S/C28H18/c1-2-9-21-17-22(15-13-19(21)7-1)27-18-23-16-14-20-8-3-4-10-24(20)28(23)26-12-6-5-11-25(26)27/h1-18H. The Morgan fingerprint density at radius 3 is 1.82 bits per heavy atom. The first-order valence-corrected chi connectivity index (χ1v) is 9.71. The van der Waals surface area contributed by atoms with Crippen LogP contribution in [0.4, 0.5) is 0 Å². The number of rotatable bonds is 1. The van der Waals surface area contributed by atoms with Crippen molar-refractivity contribution in [2.75, 3.05) is 0 Å². The second kappa shape index (κ2) is 5.94. The van der Waals surface area contributed by atoms with Crippen molar-refractivity contribution in [2.24, 2.45) is 0 Å². The van der Waals surface area contributed by atoms with E-state index in [4.69, 9.17) is 0 Å². The van der Waals surface area contributed by atoms with E-state index in [2.05, 4.69) is 109 Å². The minimum atomic E-state index is 1.27. The average Bonchev–Trinajstić information content (AvgIpc) is 2.78. The highest BCUT2D eigenvalue weighted by molar-refractivity contribution is 6.23. The fourth-order valence-corrected chi connectivity index (χ4v) is 4.47. The normalized spacial score (nSPS) is 11.6. The van der Waals surface area contributed by atoms with Gasteiger partial charge in [-0.25, -0.2) is 0 Å². The zero-order valence-corrected chi connectivity index (χ0v) is 15.4. The summed E-state index contributed by atoms with van der Waals surface area (Å²) in [5.74, 6) is 0. The molecule has 0 aromatic heterocycles. The highest BCUT2D eigenvalue weighted by atomic mass is 14.1. The average molecular weight is 354 g/mol. The predicted molar refractivity (Wildman–Crippen MR) is 122 cm³/mol. The lowest BCUT2D eigenvalue weighted by molar-refractivity contribution is 1.70. The summed E-state index contributed by atoms with van der Waals surface area (Å²) < 4.78 is 0. The lowest BCUT2D eigenvalue weighted by Crippen LogP contribution is -1.86. The summed E-state index contributed by atoms with van der Waals surface area (Å²) in [7, 11) is 0. The van der Waals surface area contributed by atoms with Crippen LogP contribution in [-0.4, -0.2) is 0 Å². The van der Waals surface area contributed by atoms with Crippen molar-refractivity contribution >= 4 is 43.1 Å². The molecule has 0 aliphatic rings. The highest BCUT2D eigenvalue weighted by Crippen LogP contribution is 2.38. The molecule has 0 heterocycles. The molecule has 0 aliphatic carbocycles. The van der Waals surface area contributed by atoms with E-state index in [1.807, 2.05) is 0 Å². The molecule has 6 aromatic carbocycles. The van der Waals surface area contributed by atoms with Crippen molar-refractivity contribution in [3.8, 4) is 11.1 Å². The molecule has 0 nitrogen and oxygen atoms in total. The van der Waals surface area contributed by atoms with Crippen LogP contribution in [0.1, 0.15) is 0 Å². The molecule has 0 saturated carbocycles. The molecule has 0 N–H and O–H groups in total. The summed E-state index contributed by atoms with van der Waals surface area (Å²) in [6.07, 6.45) is 0. The van der Waals surface area contributed by atoms with Gasteiger partial charge in [-0.2, -0.15) is 0 Å². The van der Waals surface area contributed by atoms with Gasteiger partial charge in [0.2, 0.25) is 0 Å². The van der Waals surface area contributed by atoms with Crippen molar-refractivity contribution in [3.05, 3.63) is 109 Å². The van der Waals surface area contributed by atoms with Crippen LogP contribution >= 0.6 is 0 Å². The van der Waals surface area contributed by atoms with E-state index in [1.54, 1.807) is 0 Å². The maximum absolute atomic E-state index is 2.36. The van der Waals surface area contributed by atoms with Gasteiger partial charge >= 0.3 is 0 Å². The zero-order valence-electron chi connectivity index (χ0n) is 15.4. The van der Waals surface area contributed by atoms with Gasteiger partial charge in [-0.1, -0.05) is 97.1 Å². The summed E-state index contributed by atoms with van der Waals surface area (Å²) in [5, 5.41) is 10.4. The molecule has 28 heavy (non-hydrogen) atoms. The van der Waals surface area contributed by atoms with Crippen molar-refractivity contribution in [2.45, 2.75) is 0 Å². The Bertz CT molecular complexity index is 1510. The molecule has 0 unspecified atom stereocenters. The van der Waals surface area contributed by atoms with Crippen molar-refractivity contribution in [3.63, 3.8) is 0 Å². The third-order valence-electron chi connectivity index (χ3n) is 5.81. The highest BCUT2D eigenvalue weighted by Gasteiger charge is 2.11. The molecule has 6 rings (SSSR count). The maximum Gasteiger partial charge on any atom is -0.00264 e. The van der Waals surface area contributed by atoms with Gasteiger partial charge in [-0.3, -0.25) is 0 Å². The molecule has 0 bridgehead atoms. The Morgan fingerprint density at radius 2 is 0.964 bits per heavy atom. The van der Waals surface area contributed by atoms with Gasteiger partial charge < -0.3 is 0 Å². The van der Waals surface area contributed by atoms with Crippen LogP contribution in [-0.2, 0) is 0 Å². The second-order valence-corrected chi connectivity index (χ2v) is 7.42. The summed E-state index contributed by atoms with van der Waals surface area (Å²) in [5.41, 5.74) is 2.56. The van der Waals surface area contributed by atoms with E-state index in [9.17, 15) is 0 Å². The van der Waals surface area contributed by atoms with Gasteiger partial charge in [0, 0.05) is 0 Å². The molecular weight excluding hydrogens is 336 g/mol. The Labute approximate surface area is 163 Å². The Morgan fingerprint density at radius 1 is 0.357 bits per heavy atom. The number of hydrogen-bond acceptors (Lipinski definition) is 0. The van der Waals surface area contributed by atoms with Crippen LogP contribution < -0.4 is 0 Å². The van der Waals surface area contributed by atoms with Crippen LogP contribution in [0.2, 0.25) is 0 Å². The van der Waals surface area contributed by atoms with E-state index in [0.717, 1.165) is 0 Å². The van der Waals surface area contributed by atoms with Crippen LogP contribution in [0.25, 0.3) is 54.2 Å². The van der Waals surface area contributed by atoms with Crippen molar-refractivity contribution in [1.82, 2.24) is 0 Å². The molecule has 0 radical (unpaired) electrons. The van der Waals surface area contributed by atoms with Crippen LogP contribution in [0, 0.1) is 0 Å². The number of benzene rings is 6. The molecule has 0 spiro atoms. The first kappa shape index (κ1) is 15.4. The lowest BCUT2D eigenvalue weighted by Gasteiger charge is -2.13. The summed E-state index contributed by atoms with van der Waals surface area (Å²) in [6.45, 7) is 0. The number of fused-ring (bicyclic) bond motifs is 6. The molecule has 0 heteroatoms. The fourth-order valence-electron chi connectivity index (χ4n) is 4.47. The van der Waals surface area contributed by atoms with Gasteiger partial charge in [0.1, 0.15) is 0 Å². The Hall–Kier alpha value is -3.64. The van der Waals surface area contributed by atoms with Crippen LogP contribution in [0.5, 0.6) is 0 Å². The molecule has 6 aromatic rings.